The SMILES string of the molecule is CC(=O)OC[C@]12C[C@@H](O)[C@]34O[C@H]5C[C@H](O[C@H]53)[C@@H]4[C@H]1[C@@H]1C[C@H](OCc3ccccc3)[C@H]2O1. The average molecular weight is 428 g/mol. The third-order valence-electron chi connectivity index (χ3n) is 8.93. The molecule has 0 radical (unpaired) electrons. The molecule has 7 rings (SSSR count). The number of carbonyl (C=O) groups excluding carboxylic acids is 1. The van der Waals surface area contributed by atoms with Crippen molar-refractivity contribution < 1.29 is 33.6 Å². The lowest BCUT2D eigenvalue weighted by atomic mass is 9.46. The summed E-state index contributed by atoms with van der Waals surface area (Å²) in [6, 6.07) is 10.1. The molecule has 6 aliphatic rings. The van der Waals surface area contributed by atoms with Gasteiger partial charge in [0.2, 0.25) is 0 Å². The fourth-order valence-corrected chi connectivity index (χ4v) is 7.99. The summed E-state index contributed by atoms with van der Waals surface area (Å²) in [5.74, 6) is -0.100. The Bertz CT molecular complexity index is 906. The minimum atomic E-state index is -0.659. The van der Waals surface area contributed by atoms with E-state index in [0.29, 0.717) is 13.0 Å². The van der Waals surface area contributed by atoms with Crippen LogP contribution in [0.4, 0.5) is 0 Å². The predicted octanol–water partition coefficient (Wildman–Crippen LogP) is 1.60. The van der Waals surface area contributed by atoms with Crippen LogP contribution in [0.1, 0.15) is 31.7 Å². The van der Waals surface area contributed by atoms with Gasteiger partial charge in [-0.3, -0.25) is 4.79 Å². The zero-order chi connectivity index (χ0) is 21.0. The Balaban J connectivity index is 1.21. The van der Waals surface area contributed by atoms with Gasteiger partial charge < -0.3 is 28.8 Å². The van der Waals surface area contributed by atoms with Crippen LogP contribution in [0.3, 0.4) is 0 Å². The van der Waals surface area contributed by atoms with E-state index in [0.717, 1.165) is 18.4 Å². The molecule has 5 aliphatic heterocycles. The Labute approximate surface area is 180 Å². The summed E-state index contributed by atoms with van der Waals surface area (Å²) in [5.41, 5.74) is 0.0358. The highest BCUT2D eigenvalue weighted by Gasteiger charge is 2.84. The predicted molar refractivity (Wildman–Crippen MR) is 106 cm³/mol. The lowest BCUT2D eigenvalue weighted by molar-refractivity contribution is -0.337. The van der Waals surface area contributed by atoms with Crippen molar-refractivity contribution in [1.29, 1.82) is 0 Å². The first kappa shape index (κ1) is 19.0. The van der Waals surface area contributed by atoms with Crippen LogP contribution in [0.25, 0.3) is 0 Å². The number of benzene rings is 1. The van der Waals surface area contributed by atoms with Gasteiger partial charge in [0.05, 0.1) is 49.8 Å². The van der Waals surface area contributed by atoms with Gasteiger partial charge in [0.1, 0.15) is 11.7 Å². The van der Waals surface area contributed by atoms with E-state index in [9.17, 15) is 9.90 Å². The van der Waals surface area contributed by atoms with E-state index in [4.69, 9.17) is 23.7 Å². The van der Waals surface area contributed by atoms with Crippen LogP contribution in [0.2, 0.25) is 0 Å². The summed E-state index contributed by atoms with van der Waals surface area (Å²) in [4.78, 5) is 11.8. The number of hydrogen-bond acceptors (Lipinski definition) is 7. The molecule has 5 heterocycles. The minimum Gasteiger partial charge on any atom is -0.465 e. The van der Waals surface area contributed by atoms with Crippen molar-refractivity contribution in [3.05, 3.63) is 35.9 Å². The number of hydrogen-bond donors (Lipinski definition) is 1. The molecule has 1 N–H and O–H groups in total. The highest BCUT2D eigenvalue weighted by molar-refractivity contribution is 5.66. The summed E-state index contributed by atoms with van der Waals surface area (Å²) in [6.45, 7) is 2.19. The lowest BCUT2D eigenvalue weighted by Crippen LogP contribution is -2.78. The van der Waals surface area contributed by atoms with Crippen molar-refractivity contribution in [2.75, 3.05) is 6.61 Å². The Morgan fingerprint density at radius 2 is 1.87 bits per heavy atom. The molecular formula is C24H28O7. The van der Waals surface area contributed by atoms with Crippen LogP contribution < -0.4 is 0 Å². The molecule has 1 spiro atoms. The molecule has 31 heavy (non-hydrogen) atoms. The van der Waals surface area contributed by atoms with Gasteiger partial charge in [-0.2, -0.15) is 0 Å². The van der Waals surface area contributed by atoms with E-state index < -0.39 is 17.1 Å². The number of ether oxygens (including phenoxy) is 5. The van der Waals surface area contributed by atoms with E-state index in [1.165, 1.54) is 6.92 Å². The zero-order valence-corrected chi connectivity index (χ0v) is 17.5. The van der Waals surface area contributed by atoms with Crippen LogP contribution in [-0.4, -0.2) is 66.0 Å². The molecule has 7 nitrogen and oxygen atoms in total. The maximum absolute atomic E-state index is 11.8. The van der Waals surface area contributed by atoms with Gasteiger partial charge in [-0.25, -0.2) is 0 Å². The van der Waals surface area contributed by atoms with Crippen molar-refractivity contribution in [2.24, 2.45) is 17.3 Å². The topological polar surface area (TPSA) is 83.5 Å². The van der Waals surface area contributed by atoms with Crippen LogP contribution >= 0.6 is 0 Å². The number of aliphatic hydroxyl groups excluding tert-OH is 1. The maximum atomic E-state index is 11.8. The Morgan fingerprint density at radius 3 is 2.68 bits per heavy atom. The first-order valence-electron chi connectivity index (χ1n) is 11.5. The minimum absolute atomic E-state index is 0.00121. The molecule has 166 valence electrons. The number of rotatable bonds is 5. The molecule has 4 bridgehead atoms. The first-order valence-corrected chi connectivity index (χ1v) is 11.5. The van der Waals surface area contributed by atoms with Crippen molar-refractivity contribution in [3.63, 3.8) is 0 Å². The quantitative estimate of drug-likeness (QED) is 0.714. The van der Waals surface area contributed by atoms with Gasteiger partial charge in [-0.05, 0) is 12.0 Å². The van der Waals surface area contributed by atoms with Crippen molar-refractivity contribution >= 4 is 5.97 Å². The average Bonchev–Trinajstić information content (AvgIpc) is 3.47. The fraction of sp³-hybridized carbons (Fsp3) is 0.708. The van der Waals surface area contributed by atoms with Gasteiger partial charge in [0.25, 0.3) is 0 Å². The third kappa shape index (κ3) is 2.29. The van der Waals surface area contributed by atoms with E-state index in [2.05, 4.69) is 12.1 Å². The summed E-state index contributed by atoms with van der Waals surface area (Å²) >= 11 is 0. The lowest BCUT2D eigenvalue weighted by Gasteiger charge is -2.64. The monoisotopic (exact) mass is 428 g/mol. The Kier molecular flexibility index (Phi) is 3.86. The second kappa shape index (κ2) is 6.29. The van der Waals surface area contributed by atoms with Crippen LogP contribution in [0.15, 0.2) is 30.3 Å². The number of fused-ring (bicyclic) bond motifs is 8. The standard InChI is InChI=1S/C24H28O7/c1-12(25)28-11-23-9-18(26)24-20(15-8-17(31-24)22(24)30-15)19(23)14-7-16(21(23)29-14)27-10-13-5-3-2-4-6-13/h2-6,14-22,26H,7-11H2,1H3/t14-,15-,16-,17-,18+,19+,20+,21+,22+,23+,24+/m0/s1. The molecule has 5 saturated heterocycles. The van der Waals surface area contributed by atoms with Gasteiger partial charge in [-0.1, -0.05) is 30.3 Å². The molecule has 11 atom stereocenters. The second-order valence-corrected chi connectivity index (χ2v) is 10.3. The molecule has 1 saturated carbocycles. The van der Waals surface area contributed by atoms with E-state index in [1.54, 1.807) is 0 Å². The molecule has 0 unspecified atom stereocenters. The number of esters is 1. The summed E-state index contributed by atoms with van der Waals surface area (Å²) < 4.78 is 31.1. The van der Waals surface area contributed by atoms with Crippen LogP contribution in [0.5, 0.6) is 0 Å². The first-order chi connectivity index (χ1) is 15.0. The summed E-state index contributed by atoms with van der Waals surface area (Å²) in [6.07, 6.45) is 1.42. The Morgan fingerprint density at radius 1 is 1.10 bits per heavy atom. The highest BCUT2D eigenvalue weighted by Crippen LogP contribution is 2.72. The molecule has 7 heteroatoms. The van der Waals surface area contributed by atoms with Gasteiger partial charge >= 0.3 is 5.97 Å². The highest BCUT2D eigenvalue weighted by atomic mass is 16.7. The maximum Gasteiger partial charge on any atom is 0.302 e. The van der Waals surface area contributed by atoms with E-state index in [1.807, 2.05) is 18.2 Å². The molecule has 1 aromatic carbocycles. The third-order valence-corrected chi connectivity index (χ3v) is 8.93. The summed E-state index contributed by atoms with van der Waals surface area (Å²) in [5, 5.41) is 11.4. The molecule has 1 aliphatic carbocycles. The molecule has 1 aromatic rings. The van der Waals surface area contributed by atoms with Crippen LogP contribution in [-0.2, 0) is 35.1 Å². The van der Waals surface area contributed by atoms with Gasteiger partial charge in [-0.15, -0.1) is 0 Å². The number of carbonyl (C=O) groups is 1. The smallest absolute Gasteiger partial charge is 0.302 e. The molecule has 0 amide bonds. The summed E-state index contributed by atoms with van der Waals surface area (Å²) in [7, 11) is 0. The molecule has 0 aromatic heterocycles. The van der Waals surface area contributed by atoms with Gasteiger partial charge in [0, 0.05) is 37.0 Å². The van der Waals surface area contributed by atoms with Crippen molar-refractivity contribution in [3.8, 4) is 0 Å². The van der Waals surface area contributed by atoms with Crippen LogP contribution in [0, 0.1) is 17.3 Å². The zero-order valence-electron chi connectivity index (χ0n) is 17.5. The fourth-order valence-electron chi connectivity index (χ4n) is 7.99. The van der Waals surface area contributed by atoms with Crippen molar-refractivity contribution in [1.82, 2.24) is 0 Å². The van der Waals surface area contributed by atoms with Crippen molar-refractivity contribution in [2.45, 2.75) is 81.1 Å². The largest absolute Gasteiger partial charge is 0.465 e. The van der Waals surface area contributed by atoms with E-state index >= 15 is 0 Å². The van der Waals surface area contributed by atoms with E-state index in [-0.39, 0.29) is 61.0 Å². The normalized spacial score (nSPS) is 52.5. The molecule has 6 fully saturated rings. The molecular weight excluding hydrogens is 400 g/mol. The number of aliphatic hydroxyl groups is 1. The van der Waals surface area contributed by atoms with Gasteiger partial charge in [0.15, 0.2) is 0 Å². The Hall–Kier alpha value is -1.51. The second-order valence-electron chi connectivity index (χ2n) is 10.3.